The number of allylic oxidation sites excluding steroid dienone is 2. The molecule has 1 aliphatic heterocycles. The number of amides is 2. The molecule has 0 saturated heterocycles. The summed E-state index contributed by atoms with van der Waals surface area (Å²) < 4.78 is 5.71. The maximum absolute atomic E-state index is 13.7. The first kappa shape index (κ1) is 26.6. The number of furan rings is 1. The van der Waals surface area contributed by atoms with Gasteiger partial charge in [-0.1, -0.05) is 56.1 Å². The predicted molar refractivity (Wildman–Crippen MR) is 147 cm³/mol. The van der Waals surface area contributed by atoms with Gasteiger partial charge in [0.15, 0.2) is 0 Å². The van der Waals surface area contributed by atoms with Gasteiger partial charge in [-0.2, -0.15) is 5.26 Å². The van der Waals surface area contributed by atoms with Crippen LogP contribution in [0.5, 0.6) is 0 Å². The summed E-state index contributed by atoms with van der Waals surface area (Å²) in [7, 11) is 0. The normalized spacial score (nSPS) is 18.3. The Bertz CT molecular complexity index is 1250. The van der Waals surface area contributed by atoms with E-state index in [1.54, 1.807) is 12.1 Å². The largest absolute Gasteiger partial charge is 0.468 e. The highest BCUT2D eigenvalue weighted by atomic mass is 32.2. The molecule has 1 fully saturated rings. The van der Waals surface area contributed by atoms with E-state index >= 15 is 0 Å². The summed E-state index contributed by atoms with van der Waals surface area (Å²) in [5.41, 5.74) is 4.21. The lowest BCUT2D eigenvalue weighted by atomic mass is 9.85. The number of carbonyl (C=O) groups excluding carboxylic acids is 2. The average molecular weight is 519 g/mol. The summed E-state index contributed by atoms with van der Waals surface area (Å²) in [6.45, 7) is 5.83. The number of aryl methyl sites for hydroxylation is 2. The number of hydrogen-bond donors (Lipinski definition) is 3. The lowest BCUT2D eigenvalue weighted by Crippen LogP contribution is -2.37. The van der Waals surface area contributed by atoms with E-state index in [9.17, 15) is 14.9 Å². The second-order valence-electron chi connectivity index (χ2n) is 9.57. The Labute approximate surface area is 222 Å². The fraction of sp³-hybridized carbons (Fsp3) is 0.414. The van der Waals surface area contributed by atoms with Crippen molar-refractivity contribution in [3.05, 3.63) is 75.4 Å². The topological polar surface area (TPSA) is 107 Å². The van der Waals surface area contributed by atoms with Crippen LogP contribution in [0.2, 0.25) is 0 Å². The average Bonchev–Trinajstić information content (AvgIpc) is 3.43. The van der Waals surface area contributed by atoms with E-state index in [0.29, 0.717) is 27.6 Å². The molecule has 2 aliphatic rings. The van der Waals surface area contributed by atoms with Crippen LogP contribution in [0.25, 0.3) is 0 Å². The Morgan fingerprint density at radius 2 is 1.95 bits per heavy atom. The molecule has 0 spiro atoms. The molecular formula is C29H34N4O3S. The molecule has 0 bridgehead atoms. The number of para-hydroxylation sites is 1. The Kier molecular flexibility index (Phi) is 8.78. The molecule has 37 heavy (non-hydrogen) atoms. The maximum Gasteiger partial charge on any atom is 0.254 e. The van der Waals surface area contributed by atoms with E-state index in [0.717, 1.165) is 48.9 Å². The third kappa shape index (κ3) is 6.11. The Morgan fingerprint density at radius 1 is 1.16 bits per heavy atom. The fourth-order valence-corrected chi connectivity index (χ4v) is 6.01. The van der Waals surface area contributed by atoms with Crippen LogP contribution >= 0.6 is 11.8 Å². The first-order valence-electron chi connectivity index (χ1n) is 12.9. The molecule has 2 amide bonds. The van der Waals surface area contributed by atoms with Crippen LogP contribution in [0.3, 0.4) is 0 Å². The number of dihydropyridines is 1. The highest BCUT2D eigenvalue weighted by molar-refractivity contribution is 8.03. The van der Waals surface area contributed by atoms with Crippen molar-refractivity contribution in [1.29, 1.82) is 5.26 Å². The van der Waals surface area contributed by atoms with Gasteiger partial charge in [-0.15, -0.1) is 0 Å². The quantitative estimate of drug-likeness (QED) is 0.416. The van der Waals surface area contributed by atoms with Gasteiger partial charge in [0.2, 0.25) is 5.91 Å². The number of anilines is 1. The molecule has 1 aromatic heterocycles. The van der Waals surface area contributed by atoms with Crippen molar-refractivity contribution in [3.63, 3.8) is 0 Å². The van der Waals surface area contributed by atoms with Crippen LogP contribution in [0, 0.1) is 18.3 Å². The van der Waals surface area contributed by atoms with Gasteiger partial charge in [0.1, 0.15) is 5.76 Å². The number of nitrogens with one attached hydrogen (secondary N) is 3. The first-order chi connectivity index (χ1) is 17.9. The van der Waals surface area contributed by atoms with E-state index in [1.165, 1.54) is 24.4 Å². The Balaban J connectivity index is 1.59. The minimum absolute atomic E-state index is 0.0464. The van der Waals surface area contributed by atoms with Crippen LogP contribution in [0.1, 0.15) is 68.8 Å². The SMILES string of the molecule is CCc1cccc(C)c1NC(=O)C1=C(C)NC(SCC(=O)NC2CCCCC2)=C(C#N)[C@@H]1c1ccco1. The van der Waals surface area contributed by atoms with E-state index < -0.39 is 5.92 Å². The van der Waals surface area contributed by atoms with Gasteiger partial charge in [-0.25, -0.2) is 0 Å². The van der Waals surface area contributed by atoms with Gasteiger partial charge < -0.3 is 20.4 Å². The molecule has 7 nitrogen and oxygen atoms in total. The first-order valence-corrected chi connectivity index (χ1v) is 13.9. The van der Waals surface area contributed by atoms with Gasteiger partial charge >= 0.3 is 0 Å². The molecule has 2 aromatic rings. The van der Waals surface area contributed by atoms with E-state index in [-0.39, 0.29) is 23.6 Å². The summed E-state index contributed by atoms with van der Waals surface area (Å²) in [4.78, 5) is 26.4. The van der Waals surface area contributed by atoms with Crippen LogP contribution in [-0.4, -0.2) is 23.6 Å². The van der Waals surface area contributed by atoms with Crippen molar-refractivity contribution in [3.8, 4) is 6.07 Å². The van der Waals surface area contributed by atoms with Crippen molar-refractivity contribution in [1.82, 2.24) is 10.6 Å². The number of rotatable bonds is 8. The number of carbonyl (C=O) groups is 2. The van der Waals surface area contributed by atoms with Crippen molar-refractivity contribution in [2.24, 2.45) is 0 Å². The van der Waals surface area contributed by atoms with Gasteiger partial charge in [-0.05, 0) is 56.4 Å². The molecular weight excluding hydrogens is 484 g/mol. The number of thioether (sulfide) groups is 1. The second kappa shape index (κ2) is 12.2. The van der Waals surface area contributed by atoms with E-state index in [1.807, 2.05) is 39.0 Å². The summed E-state index contributed by atoms with van der Waals surface area (Å²) in [6.07, 6.45) is 7.87. The Hall–Kier alpha value is -3.44. The summed E-state index contributed by atoms with van der Waals surface area (Å²) >= 11 is 1.28. The second-order valence-corrected chi connectivity index (χ2v) is 10.6. The minimum Gasteiger partial charge on any atom is -0.468 e. The van der Waals surface area contributed by atoms with Gasteiger partial charge in [0.25, 0.3) is 5.91 Å². The highest BCUT2D eigenvalue weighted by Gasteiger charge is 2.37. The zero-order valence-corrected chi connectivity index (χ0v) is 22.5. The summed E-state index contributed by atoms with van der Waals surface area (Å²) in [6, 6.07) is 12.0. The number of nitriles is 1. The molecule has 1 aromatic carbocycles. The van der Waals surface area contributed by atoms with E-state index in [2.05, 4.69) is 22.0 Å². The highest BCUT2D eigenvalue weighted by Crippen LogP contribution is 2.41. The zero-order chi connectivity index (χ0) is 26.4. The molecule has 1 aliphatic carbocycles. The van der Waals surface area contributed by atoms with E-state index in [4.69, 9.17) is 4.42 Å². The summed E-state index contributed by atoms with van der Waals surface area (Å²) in [5, 5.41) is 20.2. The molecule has 2 heterocycles. The molecule has 1 atom stereocenters. The zero-order valence-electron chi connectivity index (χ0n) is 21.6. The number of hydrogen-bond acceptors (Lipinski definition) is 6. The fourth-order valence-electron chi connectivity index (χ4n) is 5.10. The lowest BCUT2D eigenvalue weighted by molar-refractivity contribution is -0.119. The van der Waals surface area contributed by atoms with Crippen LogP contribution in [0.15, 0.2) is 62.9 Å². The maximum atomic E-state index is 13.7. The summed E-state index contributed by atoms with van der Waals surface area (Å²) in [5.74, 6) is -0.323. The molecule has 0 unspecified atom stereocenters. The molecule has 0 radical (unpaired) electrons. The van der Waals surface area contributed by atoms with Crippen molar-refractivity contribution < 1.29 is 14.0 Å². The molecule has 4 rings (SSSR count). The smallest absolute Gasteiger partial charge is 0.254 e. The molecule has 8 heteroatoms. The number of nitrogens with zero attached hydrogens (tertiary/aromatic N) is 1. The van der Waals surface area contributed by atoms with Gasteiger partial charge in [-0.3, -0.25) is 9.59 Å². The molecule has 1 saturated carbocycles. The van der Waals surface area contributed by atoms with Crippen molar-refractivity contribution >= 4 is 29.3 Å². The third-order valence-electron chi connectivity index (χ3n) is 7.02. The van der Waals surface area contributed by atoms with Crippen LogP contribution in [-0.2, 0) is 16.0 Å². The van der Waals surface area contributed by atoms with Gasteiger partial charge in [0, 0.05) is 17.4 Å². The monoisotopic (exact) mass is 518 g/mol. The van der Waals surface area contributed by atoms with Crippen molar-refractivity contribution in [2.45, 2.75) is 71.3 Å². The van der Waals surface area contributed by atoms with Gasteiger partial charge in [0.05, 0.1) is 40.2 Å². The molecule has 3 N–H and O–H groups in total. The van der Waals surface area contributed by atoms with Crippen LogP contribution in [0.4, 0.5) is 5.69 Å². The van der Waals surface area contributed by atoms with Crippen LogP contribution < -0.4 is 16.0 Å². The molecule has 194 valence electrons. The third-order valence-corrected chi connectivity index (χ3v) is 8.03. The van der Waals surface area contributed by atoms with Crippen molar-refractivity contribution in [2.75, 3.05) is 11.1 Å². The number of benzene rings is 1. The minimum atomic E-state index is -0.681. The predicted octanol–water partition coefficient (Wildman–Crippen LogP) is 5.67. The lowest BCUT2D eigenvalue weighted by Gasteiger charge is -2.29. The standard InChI is InChI=1S/C29H34N4O3S/c1-4-20-11-8-10-18(2)27(20)33-28(35)25-19(3)31-29(22(16-30)26(25)23-14-9-15-36-23)37-17-24(34)32-21-12-6-5-7-13-21/h8-11,14-15,21,26,31H,4-7,12-13,17H2,1-3H3,(H,32,34)(H,33,35)/t26-/m1/s1. The Morgan fingerprint density at radius 3 is 2.62 bits per heavy atom.